The van der Waals surface area contributed by atoms with Gasteiger partial charge >= 0.3 is 5.97 Å². The molecule has 1 fully saturated rings. The van der Waals surface area contributed by atoms with Crippen LogP contribution in [0.15, 0.2) is 18.2 Å². The van der Waals surface area contributed by atoms with Crippen molar-refractivity contribution in [2.75, 3.05) is 18.8 Å². The first kappa shape index (κ1) is 18.8. The fourth-order valence-electron chi connectivity index (χ4n) is 2.12. The van der Waals surface area contributed by atoms with Crippen LogP contribution in [0.1, 0.15) is 22.8 Å². The van der Waals surface area contributed by atoms with E-state index in [2.05, 4.69) is 5.32 Å². The number of nitrogens with zero attached hydrogens (tertiary/aromatic N) is 1. The molecular weight excluding hydrogens is 348 g/mol. The number of amides is 3. The van der Waals surface area contributed by atoms with Crippen molar-refractivity contribution in [2.45, 2.75) is 20.0 Å². The summed E-state index contributed by atoms with van der Waals surface area (Å²) < 4.78 is 5.04. The number of imide groups is 1. The molecule has 2 N–H and O–H groups in total. The monoisotopic (exact) mass is 366 g/mol. The van der Waals surface area contributed by atoms with Gasteiger partial charge in [0, 0.05) is 13.1 Å². The number of ether oxygens (including phenoxy) is 1. The molecule has 0 aliphatic carbocycles. The van der Waals surface area contributed by atoms with Gasteiger partial charge in [0.2, 0.25) is 5.91 Å². The lowest BCUT2D eigenvalue weighted by atomic mass is 10.1. The third-order valence-electron chi connectivity index (χ3n) is 3.50. The highest BCUT2D eigenvalue weighted by molar-refractivity contribution is 8.14. The van der Waals surface area contributed by atoms with Gasteiger partial charge in [-0.25, -0.2) is 4.79 Å². The SMILES string of the molecule is Cc1ccc(O)c(C(=O)O[C@@H](C)C(=O)NCCN2C(=O)CSC2=O)c1. The molecule has 8 nitrogen and oxygen atoms in total. The zero-order valence-electron chi connectivity index (χ0n) is 13.8. The van der Waals surface area contributed by atoms with Gasteiger partial charge in [-0.2, -0.15) is 0 Å². The number of nitrogens with one attached hydrogen (secondary N) is 1. The Morgan fingerprint density at radius 3 is 2.76 bits per heavy atom. The molecule has 0 aromatic heterocycles. The Bertz CT molecular complexity index is 705. The van der Waals surface area contributed by atoms with Crippen LogP contribution in [0.3, 0.4) is 0 Å². The smallest absolute Gasteiger partial charge is 0.342 e. The summed E-state index contributed by atoms with van der Waals surface area (Å²) in [5.74, 6) is -1.79. The van der Waals surface area contributed by atoms with Crippen molar-refractivity contribution in [3.05, 3.63) is 29.3 Å². The van der Waals surface area contributed by atoms with Crippen LogP contribution in [0, 0.1) is 6.92 Å². The van der Waals surface area contributed by atoms with E-state index in [1.807, 2.05) is 0 Å². The van der Waals surface area contributed by atoms with Crippen molar-refractivity contribution < 1.29 is 29.0 Å². The van der Waals surface area contributed by atoms with Gasteiger partial charge < -0.3 is 15.2 Å². The highest BCUT2D eigenvalue weighted by Gasteiger charge is 2.29. The van der Waals surface area contributed by atoms with Crippen LogP contribution in [0.5, 0.6) is 5.75 Å². The molecule has 1 heterocycles. The number of aryl methyl sites for hydroxylation is 1. The van der Waals surface area contributed by atoms with Gasteiger partial charge in [0.05, 0.1) is 5.75 Å². The maximum atomic E-state index is 12.0. The lowest BCUT2D eigenvalue weighted by Gasteiger charge is -2.16. The van der Waals surface area contributed by atoms with Gasteiger partial charge in [-0.05, 0) is 26.0 Å². The fraction of sp³-hybridized carbons (Fsp3) is 0.375. The van der Waals surface area contributed by atoms with E-state index in [9.17, 15) is 24.3 Å². The normalized spacial score (nSPS) is 15.2. The molecule has 1 aliphatic heterocycles. The molecule has 3 amide bonds. The molecule has 0 unspecified atom stereocenters. The first-order valence-electron chi connectivity index (χ1n) is 7.55. The van der Waals surface area contributed by atoms with Gasteiger partial charge in [-0.1, -0.05) is 23.4 Å². The van der Waals surface area contributed by atoms with Crippen molar-refractivity contribution >= 4 is 34.8 Å². The summed E-state index contributed by atoms with van der Waals surface area (Å²) in [6.45, 7) is 3.28. The molecule has 25 heavy (non-hydrogen) atoms. The van der Waals surface area contributed by atoms with E-state index >= 15 is 0 Å². The Labute approximate surface area is 148 Å². The molecule has 1 aliphatic rings. The number of rotatable bonds is 6. The number of phenolic OH excluding ortho intramolecular Hbond substituents is 1. The standard InChI is InChI=1S/C16H18N2O6S/c1-9-3-4-12(19)11(7-9)15(22)24-10(2)14(21)17-5-6-18-13(20)8-25-16(18)23/h3-4,7,10,19H,5-6,8H2,1-2H3,(H,17,21)/t10-/m0/s1. The van der Waals surface area contributed by atoms with Crippen LogP contribution in [0.2, 0.25) is 0 Å². The lowest BCUT2D eigenvalue weighted by Crippen LogP contribution is -2.41. The van der Waals surface area contributed by atoms with Gasteiger partial charge in [-0.15, -0.1) is 0 Å². The van der Waals surface area contributed by atoms with Gasteiger partial charge in [0.15, 0.2) is 6.10 Å². The van der Waals surface area contributed by atoms with Crippen LogP contribution in [-0.2, 0) is 14.3 Å². The van der Waals surface area contributed by atoms with E-state index in [4.69, 9.17) is 4.74 Å². The quantitative estimate of drug-likeness (QED) is 0.724. The Morgan fingerprint density at radius 2 is 2.12 bits per heavy atom. The minimum absolute atomic E-state index is 0.0232. The molecule has 1 aromatic carbocycles. The van der Waals surface area contributed by atoms with Crippen molar-refractivity contribution in [3.63, 3.8) is 0 Å². The predicted molar refractivity (Wildman–Crippen MR) is 90.3 cm³/mol. The summed E-state index contributed by atoms with van der Waals surface area (Å²) >= 11 is 0.919. The fourth-order valence-corrected chi connectivity index (χ4v) is 2.87. The topological polar surface area (TPSA) is 113 Å². The van der Waals surface area contributed by atoms with Gasteiger partial charge in [0.1, 0.15) is 11.3 Å². The van der Waals surface area contributed by atoms with E-state index in [-0.39, 0.29) is 41.3 Å². The summed E-state index contributed by atoms with van der Waals surface area (Å²) in [7, 11) is 0. The second kappa shape index (κ2) is 8.02. The Balaban J connectivity index is 1.83. The zero-order chi connectivity index (χ0) is 18.6. The van der Waals surface area contributed by atoms with E-state index in [0.717, 1.165) is 22.2 Å². The van der Waals surface area contributed by atoms with Crippen LogP contribution in [0.4, 0.5) is 4.79 Å². The van der Waals surface area contributed by atoms with Gasteiger partial charge in [-0.3, -0.25) is 19.3 Å². The third-order valence-corrected chi connectivity index (χ3v) is 4.36. The second-order valence-electron chi connectivity index (χ2n) is 5.46. The number of aromatic hydroxyl groups is 1. The highest BCUT2D eigenvalue weighted by atomic mass is 32.2. The summed E-state index contributed by atoms with van der Waals surface area (Å²) in [6, 6.07) is 4.48. The van der Waals surface area contributed by atoms with Crippen LogP contribution >= 0.6 is 11.8 Å². The number of carbonyl (C=O) groups excluding carboxylic acids is 4. The minimum Gasteiger partial charge on any atom is -0.507 e. The molecule has 134 valence electrons. The van der Waals surface area contributed by atoms with E-state index in [1.165, 1.54) is 19.1 Å². The van der Waals surface area contributed by atoms with Crippen LogP contribution in [0.25, 0.3) is 0 Å². The maximum absolute atomic E-state index is 12.0. The molecule has 0 spiro atoms. The molecule has 0 saturated carbocycles. The first-order valence-corrected chi connectivity index (χ1v) is 8.53. The maximum Gasteiger partial charge on any atom is 0.342 e. The zero-order valence-corrected chi connectivity index (χ0v) is 14.6. The van der Waals surface area contributed by atoms with Crippen molar-refractivity contribution in [3.8, 4) is 5.75 Å². The number of hydrogen-bond donors (Lipinski definition) is 2. The molecule has 9 heteroatoms. The van der Waals surface area contributed by atoms with E-state index in [0.29, 0.717) is 0 Å². The average molecular weight is 366 g/mol. The highest BCUT2D eigenvalue weighted by Crippen LogP contribution is 2.20. The van der Waals surface area contributed by atoms with Crippen LogP contribution < -0.4 is 5.32 Å². The molecule has 0 radical (unpaired) electrons. The van der Waals surface area contributed by atoms with E-state index < -0.39 is 18.0 Å². The number of carbonyl (C=O) groups is 4. The lowest BCUT2D eigenvalue weighted by molar-refractivity contribution is -0.130. The molecule has 1 atom stereocenters. The summed E-state index contributed by atoms with van der Waals surface area (Å²) in [5.41, 5.74) is 0.740. The van der Waals surface area contributed by atoms with E-state index in [1.54, 1.807) is 13.0 Å². The number of phenols is 1. The largest absolute Gasteiger partial charge is 0.507 e. The van der Waals surface area contributed by atoms with Crippen molar-refractivity contribution in [1.82, 2.24) is 10.2 Å². The summed E-state index contributed by atoms with van der Waals surface area (Å²) in [6.07, 6.45) is -1.09. The Morgan fingerprint density at radius 1 is 1.40 bits per heavy atom. The van der Waals surface area contributed by atoms with Gasteiger partial charge in [0.25, 0.3) is 11.1 Å². The molecule has 1 aromatic rings. The Kier molecular flexibility index (Phi) is 6.02. The molecule has 0 bridgehead atoms. The third kappa shape index (κ3) is 4.72. The average Bonchev–Trinajstić information content (AvgIpc) is 2.88. The van der Waals surface area contributed by atoms with Crippen molar-refractivity contribution in [1.29, 1.82) is 0 Å². The molecular formula is C16H18N2O6S. The molecule has 2 rings (SSSR count). The first-order chi connectivity index (χ1) is 11.8. The Hall–Kier alpha value is -2.55. The number of hydrogen-bond acceptors (Lipinski definition) is 7. The predicted octanol–water partition coefficient (Wildman–Crippen LogP) is 1.06. The summed E-state index contributed by atoms with van der Waals surface area (Å²) in [5, 5.41) is 11.9. The van der Waals surface area contributed by atoms with Crippen LogP contribution in [-0.4, -0.2) is 58.0 Å². The minimum atomic E-state index is -1.09. The second-order valence-corrected chi connectivity index (χ2v) is 6.39. The van der Waals surface area contributed by atoms with Crippen molar-refractivity contribution in [2.24, 2.45) is 0 Å². The number of benzene rings is 1. The number of thioether (sulfide) groups is 1. The molecule has 1 saturated heterocycles. The number of esters is 1. The summed E-state index contributed by atoms with van der Waals surface area (Å²) in [4.78, 5) is 47.9.